The van der Waals surface area contributed by atoms with E-state index in [9.17, 15) is 4.79 Å². The fourth-order valence-electron chi connectivity index (χ4n) is 2.59. The van der Waals surface area contributed by atoms with E-state index in [1.54, 1.807) is 7.11 Å². The van der Waals surface area contributed by atoms with Crippen LogP contribution in [0.15, 0.2) is 48.5 Å². The first-order valence-corrected chi connectivity index (χ1v) is 8.90. The summed E-state index contributed by atoms with van der Waals surface area (Å²) in [7, 11) is 1.66. The second kappa shape index (κ2) is 10.7. The Morgan fingerprint density at radius 1 is 1.04 bits per heavy atom. The van der Waals surface area contributed by atoms with Gasteiger partial charge in [-0.05, 0) is 48.7 Å². The standard InChI is InChI=1S/C20H25ClN2O2/c1-25-19-8-3-2-6-17(19)10-14-23-20(24)11-13-22-12-9-16-5-4-7-18(21)15-16/h2-8,15,22H,9-14H2,1H3,(H,23,24). The van der Waals surface area contributed by atoms with Crippen LogP contribution in [0.3, 0.4) is 0 Å². The summed E-state index contributed by atoms with van der Waals surface area (Å²) in [6.07, 6.45) is 2.13. The van der Waals surface area contributed by atoms with Gasteiger partial charge in [-0.3, -0.25) is 4.79 Å². The van der Waals surface area contributed by atoms with E-state index in [2.05, 4.69) is 16.7 Å². The van der Waals surface area contributed by atoms with Crippen LogP contribution in [0.5, 0.6) is 5.75 Å². The third-order valence-electron chi connectivity index (χ3n) is 3.92. The molecule has 2 aromatic rings. The number of para-hydroxylation sites is 1. The maximum absolute atomic E-state index is 11.9. The van der Waals surface area contributed by atoms with Crippen LogP contribution in [0.25, 0.3) is 0 Å². The number of halogens is 1. The van der Waals surface area contributed by atoms with Crippen LogP contribution in [0.2, 0.25) is 5.02 Å². The molecule has 0 atom stereocenters. The van der Waals surface area contributed by atoms with Crippen molar-refractivity contribution in [2.75, 3.05) is 26.7 Å². The molecule has 0 unspecified atom stereocenters. The molecule has 5 heteroatoms. The highest BCUT2D eigenvalue weighted by Gasteiger charge is 2.04. The van der Waals surface area contributed by atoms with Crippen molar-refractivity contribution in [3.8, 4) is 5.75 Å². The molecule has 0 aliphatic rings. The highest BCUT2D eigenvalue weighted by atomic mass is 35.5. The van der Waals surface area contributed by atoms with E-state index in [0.29, 0.717) is 19.5 Å². The third kappa shape index (κ3) is 7.16. The Labute approximate surface area is 154 Å². The summed E-state index contributed by atoms with van der Waals surface area (Å²) >= 11 is 5.96. The molecular formula is C20H25ClN2O2. The van der Waals surface area contributed by atoms with Crippen LogP contribution in [0.1, 0.15) is 17.5 Å². The lowest BCUT2D eigenvalue weighted by Crippen LogP contribution is -2.29. The van der Waals surface area contributed by atoms with Gasteiger partial charge in [-0.1, -0.05) is 41.9 Å². The largest absolute Gasteiger partial charge is 0.496 e. The van der Waals surface area contributed by atoms with Crippen molar-refractivity contribution < 1.29 is 9.53 Å². The maximum Gasteiger partial charge on any atom is 0.221 e. The van der Waals surface area contributed by atoms with Crippen molar-refractivity contribution >= 4 is 17.5 Å². The highest BCUT2D eigenvalue weighted by Crippen LogP contribution is 2.17. The van der Waals surface area contributed by atoms with Gasteiger partial charge in [0.1, 0.15) is 5.75 Å². The monoisotopic (exact) mass is 360 g/mol. The van der Waals surface area contributed by atoms with Gasteiger partial charge < -0.3 is 15.4 Å². The highest BCUT2D eigenvalue weighted by molar-refractivity contribution is 6.30. The van der Waals surface area contributed by atoms with Gasteiger partial charge in [0, 0.05) is 24.5 Å². The van der Waals surface area contributed by atoms with Crippen LogP contribution in [0, 0.1) is 0 Å². The molecule has 1 amide bonds. The number of hydrogen-bond donors (Lipinski definition) is 2. The molecule has 2 rings (SSSR count). The zero-order valence-corrected chi connectivity index (χ0v) is 15.3. The Hall–Kier alpha value is -2.04. The first-order chi connectivity index (χ1) is 12.2. The van der Waals surface area contributed by atoms with Gasteiger partial charge in [-0.25, -0.2) is 0 Å². The predicted molar refractivity (Wildman–Crippen MR) is 102 cm³/mol. The minimum atomic E-state index is 0.0603. The number of carbonyl (C=O) groups is 1. The topological polar surface area (TPSA) is 50.4 Å². The first kappa shape index (κ1) is 19.3. The van der Waals surface area contributed by atoms with Gasteiger partial charge in [0.05, 0.1) is 7.11 Å². The maximum atomic E-state index is 11.9. The van der Waals surface area contributed by atoms with Crippen molar-refractivity contribution in [3.63, 3.8) is 0 Å². The lowest BCUT2D eigenvalue weighted by Gasteiger charge is -2.09. The Bertz CT molecular complexity index is 676. The molecule has 0 aliphatic heterocycles. The summed E-state index contributed by atoms with van der Waals surface area (Å²) in [6.45, 7) is 2.11. The third-order valence-corrected chi connectivity index (χ3v) is 4.15. The lowest BCUT2D eigenvalue weighted by atomic mass is 10.1. The van der Waals surface area contributed by atoms with Crippen molar-refractivity contribution in [2.24, 2.45) is 0 Å². The van der Waals surface area contributed by atoms with Crippen LogP contribution in [0.4, 0.5) is 0 Å². The van der Waals surface area contributed by atoms with Crippen LogP contribution in [-0.4, -0.2) is 32.7 Å². The second-order valence-electron chi connectivity index (χ2n) is 5.79. The molecular weight excluding hydrogens is 336 g/mol. The van der Waals surface area contributed by atoms with Crippen molar-refractivity contribution in [1.29, 1.82) is 0 Å². The molecule has 0 aliphatic carbocycles. The number of nitrogens with one attached hydrogen (secondary N) is 2. The van der Waals surface area contributed by atoms with Gasteiger partial charge in [0.15, 0.2) is 0 Å². The van der Waals surface area contributed by atoms with Crippen molar-refractivity contribution in [3.05, 3.63) is 64.7 Å². The molecule has 0 heterocycles. The molecule has 0 aromatic heterocycles. The van der Waals surface area contributed by atoms with Crippen LogP contribution >= 0.6 is 11.6 Å². The van der Waals surface area contributed by atoms with E-state index in [1.165, 1.54) is 5.56 Å². The summed E-state index contributed by atoms with van der Waals surface area (Å²) in [5, 5.41) is 6.99. The Morgan fingerprint density at radius 3 is 2.68 bits per heavy atom. The molecule has 4 nitrogen and oxygen atoms in total. The number of benzene rings is 2. The number of amides is 1. The Kier molecular flexibility index (Phi) is 8.29. The minimum absolute atomic E-state index is 0.0603. The smallest absolute Gasteiger partial charge is 0.221 e. The zero-order chi connectivity index (χ0) is 17.9. The molecule has 0 saturated carbocycles. The quantitative estimate of drug-likeness (QED) is 0.639. The van der Waals surface area contributed by atoms with Crippen LogP contribution in [-0.2, 0) is 17.6 Å². The zero-order valence-electron chi connectivity index (χ0n) is 14.6. The predicted octanol–water partition coefficient (Wildman–Crippen LogP) is 3.23. The van der Waals surface area contributed by atoms with Crippen LogP contribution < -0.4 is 15.4 Å². The number of hydrogen-bond acceptors (Lipinski definition) is 3. The molecule has 0 spiro atoms. The molecule has 25 heavy (non-hydrogen) atoms. The van der Waals surface area contributed by atoms with E-state index >= 15 is 0 Å². The summed E-state index contributed by atoms with van der Waals surface area (Å²) in [4.78, 5) is 11.9. The van der Waals surface area contributed by atoms with E-state index in [1.807, 2.05) is 42.5 Å². The van der Waals surface area contributed by atoms with E-state index in [-0.39, 0.29) is 5.91 Å². The minimum Gasteiger partial charge on any atom is -0.496 e. The SMILES string of the molecule is COc1ccccc1CCNC(=O)CCNCCc1cccc(Cl)c1. The molecule has 0 saturated heterocycles. The van der Waals surface area contributed by atoms with E-state index in [4.69, 9.17) is 16.3 Å². The molecule has 2 N–H and O–H groups in total. The molecule has 134 valence electrons. The number of methoxy groups -OCH3 is 1. The number of rotatable bonds is 10. The molecule has 0 fully saturated rings. The normalized spacial score (nSPS) is 10.5. The van der Waals surface area contributed by atoms with Gasteiger partial charge in [-0.2, -0.15) is 0 Å². The average molecular weight is 361 g/mol. The Morgan fingerprint density at radius 2 is 1.88 bits per heavy atom. The van der Waals surface area contributed by atoms with Gasteiger partial charge in [0.25, 0.3) is 0 Å². The average Bonchev–Trinajstić information content (AvgIpc) is 2.62. The molecule has 0 bridgehead atoms. The van der Waals surface area contributed by atoms with Crippen molar-refractivity contribution in [2.45, 2.75) is 19.3 Å². The second-order valence-corrected chi connectivity index (χ2v) is 6.23. The Balaban J connectivity index is 1.56. The van der Waals surface area contributed by atoms with E-state index < -0.39 is 0 Å². The summed E-state index contributed by atoms with van der Waals surface area (Å²) < 4.78 is 5.31. The summed E-state index contributed by atoms with van der Waals surface area (Å²) in [5.41, 5.74) is 2.30. The molecule has 2 aromatic carbocycles. The summed E-state index contributed by atoms with van der Waals surface area (Å²) in [5.74, 6) is 0.921. The first-order valence-electron chi connectivity index (χ1n) is 8.53. The fraction of sp³-hybridized carbons (Fsp3) is 0.350. The number of ether oxygens (including phenoxy) is 1. The van der Waals surface area contributed by atoms with E-state index in [0.717, 1.165) is 35.7 Å². The van der Waals surface area contributed by atoms with Gasteiger partial charge in [0.2, 0.25) is 5.91 Å². The molecule has 0 radical (unpaired) electrons. The van der Waals surface area contributed by atoms with Crippen molar-refractivity contribution in [1.82, 2.24) is 10.6 Å². The lowest BCUT2D eigenvalue weighted by molar-refractivity contribution is -0.120. The number of carbonyl (C=O) groups excluding carboxylic acids is 1. The van der Waals surface area contributed by atoms with Gasteiger partial charge in [-0.15, -0.1) is 0 Å². The van der Waals surface area contributed by atoms with Gasteiger partial charge >= 0.3 is 0 Å². The fourth-order valence-corrected chi connectivity index (χ4v) is 2.80. The summed E-state index contributed by atoms with van der Waals surface area (Å²) in [6, 6.07) is 15.7.